The summed E-state index contributed by atoms with van der Waals surface area (Å²) in [6.45, 7) is 3.62. The van der Waals surface area contributed by atoms with Crippen LogP contribution >= 0.6 is 0 Å². The van der Waals surface area contributed by atoms with Gasteiger partial charge in [0, 0.05) is 13.2 Å². The molecule has 5 heteroatoms. The molecule has 1 rings (SSSR count). The quantitative estimate of drug-likeness (QED) is 0.668. The number of halogens is 3. The third kappa shape index (κ3) is 2.02. The highest BCUT2D eigenvalue weighted by Crippen LogP contribution is 2.29. The van der Waals surface area contributed by atoms with Crippen molar-refractivity contribution < 1.29 is 13.2 Å². The highest BCUT2D eigenvalue weighted by molar-refractivity contribution is 5.09. The SMILES string of the molecule is CC(C)c1cn(C)c(C(F)(F)F)n1. The van der Waals surface area contributed by atoms with Crippen LogP contribution in [0.15, 0.2) is 6.20 Å². The van der Waals surface area contributed by atoms with Crippen molar-refractivity contribution in [3.05, 3.63) is 17.7 Å². The van der Waals surface area contributed by atoms with E-state index in [1.54, 1.807) is 0 Å². The molecular weight excluding hydrogens is 181 g/mol. The number of hydrogen-bond donors (Lipinski definition) is 0. The van der Waals surface area contributed by atoms with Crippen molar-refractivity contribution in [1.82, 2.24) is 9.55 Å². The van der Waals surface area contributed by atoms with Gasteiger partial charge in [-0.3, -0.25) is 0 Å². The average molecular weight is 192 g/mol. The van der Waals surface area contributed by atoms with Gasteiger partial charge in [0.05, 0.1) is 5.69 Å². The van der Waals surface area contributed by atoms with Gasteiger partial charge in [0.25, 0.3) is 0 Å². The number of hydrogen-bond acceptors (Lipinski definition) is 1. The molecule has 0 saturated carbocycles. The molecule has 13 heavy (non-hydrogen) atoms. The molecule has 0 aliphatic carbocycles. The van der Waals surface area contributed by atoms with Crippen LogP contribution in [0, 0.1) is 0 Å². The van der Waals surface area contributed by atoms with Gasteiger partial charge in [-0.15, -0.1) is 0 Å². The van der Waals surface area contributed by atoms with Gasteiger partial charge in [-0.1, -0.05) is 13.8 Å². The summed E-state index contributed by atoms with van der Waals surface area (Å²) >= 11 is 0. The molecule has 0 fully saturated rings. The first kappa shape index (κ1) is 10.1. The van der Waals surface area contributed by atoms with E-state index in [0.29, 0.717) is 5.69 Å². The van der Waals surface area contributed by atoms with Crippen LogP contribution in [-0.2, 0) is 13.2 Å². The van der Waals surface area contributed by atoms with Gasteiger partial charge >= 0.3 is 6.18 Å². The fourth-order valence-corrected chi connectivity index (χ4v) is 1.03. The Labute approximate surface area is 74.4 Å². The molecule has 0 atom stereocenters. The van der Waals surface area contributed by atoms with Crippen molar-refractivity contribution in [2.24, 2.45) is 7.05 Å². The van der Waals surface area contributed by atoms with E-state index in [2.05, 4.69) is 4.98 Å². The van der Waals surface area contributed by atoms with Crippen LogP contribution in [0.3, 0.4) is 0 Å². The molecule has 0 aliphatic heterocycles. The predicted molar refractivity (Wildman–Crippen MR) is 42.3 cm³/mol. The van der Waals surface area contributed by atoms with Crippen molar-refractivity contribution in [2.75, 3.05) is 0 Å². The first-order valence-corrected chi connectivity index (χ1v) is 3.93. The lowest BCUT2D eigenvalue weighted by molar-refractivity contribution is -0.146. The molecule has 0 N–H and O–H groups in total. The first-order valence-electron chi connectivity index (χ1n) is 3.93. The molecule has 2 nitrogen and oxygen atoms in total. The summed E-state index contributed by atoms with van der Waals surface area (Å²) in [5.41, 5.74) is 0.467. The lowest BCUT2D eigenvalue weighted by Gasteiger charge is -2.04. The van der Waals surface area contributed by atoms with Crippen molar-refractivity contribution in [2.45, 2.75) is 25.9 Å². The van der Waals surface area contributed by atoms with Gasteiger partial charge in [0.1, 0.15) is 0 Å². The smallest absolute Gasteiger partial charge is 0.330 e. The Balaban J connectivity index is 3.11. The standard InChI is InChI=1S/C8H11F3N2/c1-5(2)6-4-13(3)7(12-6)8(9,10)11/h4-5H,1-3H3. The third-order valence-corrected chi connectivity index (χ3v) is 1.74. The van der Waals surface area contributed by atoms with Crippen molar-refractivity contribution >= 4 is 0 Å². The summed E-state index contributed by atoms with van der Waals surface area (Å²) in [4.78, 5) is 3.52. The van der Waals surface area contributed by atoms with E-state index in [4.69, 9.17) is 0 Å². The fourth-order valence-electron chi connectivity index (χ4n) is 1.03. The number of aromatic nitrogens is 2. The molecule has 0 spiro atoms. The summed E-state index contributed by atoms with van der Waals surface area (Å²) in [6.07, 6.45) is -2.95. The Kier molecular flexibility index (Phi) is 2.36. The Bertz CT molecular complexity index is 299. The van der Waals surface area contributed by atoms with Crippen LogP contribution in [-0.4, -0.2) is 9.55 Å². The zero-order chi connectivity index (χ0) is 10.2. The first-order chi connectivity index (χ1) is 5.82. The Morgan fingerprint density at radius 1 is 1.38 bits per heavy atom. The van der Waals surface area contributed by atoms with Crippen molar-refractivity contribution in [3.63, 3.8) is 0 Å². The van der Waals surface area contributed by atoms with Crippen LogP contribution in [0.5, 0.6) is 0 Å². The predicted octanol–water partition coefficient (Wildman–Crippen LogP) is 2.56. The van der Waals surface area contributed by atoms with E-state index in [9.17, 15) is 13.2 Å². The molecular formula is C8H11F3N2. The van der Waals surface area contributed by atoms with E-state index in [0.717, 1.165) is 4.57 Å². The maximum Gasteiger partial charge on any atom is 0.449 e. The van der Waals surface area contributed by atoms with Crippen LogP contribution in [0.2, 0.25) is 0 Å². The summed E-state index contributed by atoms with van der Waals surface area (Å²) in [6, 6.07) is 0. The van der Waals surface area contributed by atoms with Crippen LogP contribution in [0.1, 0.15) is 31.3 Å². The van der Waals surface area contributed by atoms with Crippen molar-refractivity contribution in [3.8, 4) is 0 Å². The number of nitrogens with zero attached hydrogens (tertiary/aromatic N) is 2. The largest absolute Gasteiger partial charge is 0.449 e. The Morgan fingerprint density at radius 2 is 1.92 bits per heavy atom. The van der Waals surface area contributed by atoms with Gasteiger partial charge < -0.3 is 4.57 Å². The topological polar surface area (TPSA) is 17.8 Å². The Morgan fingerprint density at radius 3 is 2.15 bits per heavy atom. The lowest BCUT2D eigenvalue weighted by atomic mass is 10.2. The molecule has 1 aromatic rings. The lowest BCUT2D eigenvalue weighted by Crippen LogP contribution is -2.12. The number of imidazole rings is 1. The molecule has 0 radical (unpaired) electrons. The van der Waals surface area contributed by atoms with E-state index in [1.807, 2.05) is 13.8 Å². The molecule has 0 aromatic carbocycles. The van der Waals surface area contributed by atoms with Crippen LogP contribution in [0.25, 0.3) is 0 Å². The normalized spacial score (nSPS) is 12.5. The molecule has 0 saturated heterocycles. The van der Waals surface area contributed by atoms with Gasteiger partial charge in [0.15, 0.2) is 0 Å². The molecule has 1 heterocycles. The maximum absolute atomic E-state index is 12.2. The van der Waals surface area contributed by atoms with Gasteiger partial charge in [-0.2, -0.15) is 13.2 Å². The minimum atomic E-state index is -4.36. The second-order valence-electron chi connectivity index (χ2n) is 3.25. The van der Waals surface area contributed by atoms with Crippen molar-refractivity contribution in [1.29, 1.82) is 0 Å². The minimum Gasteiger partial charge on any atom is -0.330 e. The second kappa shape index (κ2) is 3.05. The summed E-state index contributed by atoms with van der Waals surface area (Å²) in [5, 5.41) is 0. The number of rotatable bonds is 1. The summed E-state index contributed by atoms with van der Waals surface area (Å²) in [5.74, 6) is -0.821. The minimum absolute atomic E-state index is 0.0160. The van der Waals surface area contributed by atoms with E-state index in [1.165, 1.54) is 13.2 Å². The summed E-state index contributed by atoms with van der Waals surface area (Å²) < 4.78 is 37.7. The maximum atomic E-state index is 12.2. The Hall–Kier alpha value is -1.00. The zero-order valence-corrected chi connectivity index (χ0v) is 7.68. The molecule has 0 amide bonds. The van der Waals surface area contributed by atoms with E-state index < -0.39 is 12.0 Å². The highest BCUT2D eigenvalue weighted by atomic mass is 19.4. The van der Waals surface area contributed by atoms with Crippen LogP contribution < -0.4 is 0 Å². The fraction of sp³-hybridized carbons (Fsp3) is 0.625. The second-order valence-corrected chi connectivity index (χ2v) is 3.25. The molecule has 0 unspecified atom stereocenters. The summed E-state index contributed by atoms with van der Waals surface area (Å²) in [7, 11) is 1.35. The number of aryl methyl sites for hydroxylation is 1. The third-order valence-electron chi connectivity index (χ3n) is 1.74. The molecule has 74 valence electrons. The van der Waals surface area contributed by atoms with E-state index in [-0.39, 0.29) is 5.92 Å². The number of alkyl halides is 3. The van der Waals surface area contributed by atoms with Gasteiger partial charge in [-0.25, -0.2) is 4.98 Å². The van der Waals surface area contributed by atoms with E-state index >= 15 is 0 Å². The van der Waals surface area contributed by atoms with Gasteiger partial charge in [0.2, 0.25) is 5.82 Å². The monoisotopic (exact) mass is 192 g/mol. The molecule has 0 bridgehead atoms. The zero-order valence-electron chi connectivity index (χ0n) is 7.68. The van der Waals surface area contributed by atoms with Crippen LogP contribution in [0.4, 0.5) is 13.2 Å². The van der Waals surface area contributed by atoms with Gasteiger partial charge in [-0.05, 0) is 5.92 Å². The highest BCUT2D eigenvalue weighted by Gasteiger charge is 2.36. The molecule has 0 aliphatic rings. The average Bonchev–Trinajstić information content (AvgIpc) is 2.29. The molecule has 1 aromatic heterocycles.